The number of benzene rings is 1. The molecular formula is C22H29N5O4S. The lowest BCUT2D eigenvalue weighted by Crippen LogP contribution is -2.12. The second kappa shape index (κ2) is 11.7. The predicted molar refractivity (Wildman–Crippen MR) is 126 cm³/mol. The predicted octanol–water partition coefficient (Wildman–Crippen LogP) is 2.41. The molecule has 0 spiro atoms. The summed E-state index contributed by atoms with van der Waals surface area (Å²) in [5.41, 5.74) is 8.50. The highest BCUT2D eigenvalue weighted by Gasteiger charge is 2.18. The van der Waals surface area contributed by atoms with E-state index in [-0.39, 0.29) is 0 Å². The lowest BCUT2D eigenvalue weighted by Gasteiger charge is -2.13. The standard InChI is InChI=1S/C22H29N5O4S/c1-26(13-16-5-4-6-17(11-16)29-3)24-12-18-19(14-28)27(2)22-21(18)32-20(25-22)15-31-10-9-30-8-7-23/h4-6,11-12,14H,7-10,13,15,23H2,1-3H3/b24-12-. The SMILES string of the molecule is COc1cccc(CN(C)/N=C\c2c(C=O)n(C)c3nc(COCCOCCN)sc23)c1. The van der Waals surface area contributed by atoms with Crippen molar-refractivity contribution in [3.63, 3.8) is 0 Å². The van der Waals surface area contributed by atoms with Crippen LogP contribution in [0.5, 0.6) is 5.75 Å². The Bertz CT molecular complexity index is 1060. The maximum absolute atomic E-state index is 11.7. The molecule has 32 heavy (non-hydrogen) atoms. The number of methoxy groups -OCH3 is 1. The van der Waals surface area contributed by atoms with Gasteiger partial charge in [-0.3, -0.25) is 9.80 Å². The van der Waals surface area contributed by atoms with Gasteiger partial charge in [0.2, 0.25) is 0 Å². The quantitative estimate of drug-likeness (QED) is 0.181. The van der Waals surface area contributed by atoms with Gasteiger partial charge >= 0.3 is 0 Å². The van der Waals surface area contributed by atoms with Crippen molar-refractivity contribution in [3.8, 4) is 5.75 Å². The lowest BCUT2D eigenvalue weighted by atomic mass is 10.2. The van der Waals surface area contributed by atoms with Crippen LogP contribution >= 0.6 is 11.3 Å². The molecule has 0 fully saturated rings. The summed E-state index contributed by atoms with van der Waals surface area (Å²) in [5, 5.41) is 7.20. The van der Waals surface area contributed by atoms with Crippen LogP contribution < -0.4 is 10.5 Å². The highest BCUT2D eigenvalue weighted by Crippen LogP contribution is 2.29. The second-order valence-electron chi connectivity index (χ2n) is 7.10. The number of nitrogens with zero attached hydrogens (tertiary/aromatic N) is 4. The fraction of sp³-hybridized carbons (Fsp3) is 0.409. The summed E-state index contributed by atoms with van der Waals surface area (Å²) in [6.45, 7) is 2.97. The Morgan fingerprint density at radius 1 is 1.28 bits per heavy atom. The van der Waals surface area contributed by atoms with Crippen LogP contribution in [0.4, 0.5) is 0 Å². The molecular weight excluding hydrogens is 430 g/mol. The van der Waals surface area contributed by atoms with Crippen molar-refractivity contribution in [2.24, 2.45) is 17.9 Å². The minimum absolute atomic E-state index is 0.383. The number of fused-ring (bicyclic) bond motifs is 1. The van der Waals surface area contributed by atoms with E-state index in [0.29, 0.717) is 45.2 Å². The van der Waals surface area contributed by atoms with E-state index < -0.39 is 0 Å². The van der Waals surface area contributed by atoms with Gasteiger partial charge in [-0.1, -0.05) is 12.1 Å². The van der Waals surface area contributed by atoms with Crippen LogP contribution in [0.2, 0.25) is 0 Å². The number of nitrogens with two attached hydrogens (primary N) is 1. The van der Waals surface area contributed by atoms with Crippen LogP contribution in [-0.4, -0.2) is 67.6 Å². The van der Waals surface area contributed by atoms with Crippen LogP contribution in [0.25, 0.3) is 10.3 Å². The van der Waals surface area contributed by atoms with E-state index in [0.717, 1.165) is 38.5 Å². The molecule has 0 atom stereocenters. The highest BCUT2D eigenvalue weighted by atomic mass is 32.1. The summed E-state index contributed by atoms with van der Waals surface area (Å²) >= 11 is 1.50. The molecule has 0 saturated heterocycles. The monoisotopic (exact) mass is 459 g/mol. The molecule has 10 heteroatoms. The Kier molecular flexibility index (Phi) is 8.74. The fourth-order valence-corrected chi connectivity index (χ4v) is 4.24. The number of aryl methyl sites for hydroxylation is 1. The number of aromatic nitrogens is 2. The first-order valence-corrected chi connectivity index (χ1v) is 11.1. The van der Waals surface area contributed by atoms with Crippen molar-refractivity contribution in [2.75, 3.05) is 40.5 Å². The Labute approximate surface area is 191 Å². The number of carbonyl (C=O) groups is 1. The third-order valence-corrected chi connectivity index (χ3v) is 5.81. The van der Waals surface area contributed by atoms with Crippen molar-refractivity contribution in [3.05, 3.63) is 46.1 Å². The average Bonchev–Trinajstić information content (AvgIpc) is 3.32. The van der Waals surface area contributed by atoms with Crippen molar-refractivity contribution in [1.29, 1.82) is 0 Å². The highest BCUT2D eigenvalue weighted by molar-refractivity contribution is 7.19. The number of thiazole rings is 1. The minimum atomic E-state index is 0.383. The maximum atomic E-state index is 11.7. The summed E-state index contributed by atoms with van der Waals surface area (Å²) in [4.78, 5) is 16.4. The molecule has 2 heterocycles. The maximum Gasteiger partial charge on any atom is 0.167 e. The second-order valence-corrected chi connectivity index (χ2v) is 8.19. The number of carbonyl (C=O) groups excluding carboxylic acids is 1. The molecule has 0 aliphatic rings. The zero-order valence-electron chi connectivity index (χ0n) is 18.6. The normalized spacial score (nSPS) is 11.5. The first kappa shape index (κ1) is 23.9. The van der Waals surface area contributed by atoms with Crippen LogP contribution in [0.1, 0.15) is 26.6 Å². The number of aldehydes is 1. The zero-order valence-corrected chi connectivity index (χ0v) is 19.4. The Hall–Kier alpha value is -2.79. The largest absolute Gasteiger partial charge is 0.497 e. The molecule has 2 aromatic heterocycles. The topological polar surface area (TPSA) is 104 Å². The molecule has 0 aliphatic carbocycles. The number of hydrazone groups is 1. The van der Waals surface area contributed by atoms with Crippen LogP contribution in [0.15, 0.2) is 29.4 Å². The van der Waals surface area contributed by atoms with Gasteiger partial charge < -0.3 is 24.5 Å². The lowest BCUT2D eigenvalue weighted by molar-refractivity contribution is 0.0433. The van der Waals surface area contributed by atoms with Gasteiger partial charge in [0, 0.05) is 26.2 Å². The number of ether oxygens (including phenoxy) is 3. The molecule has 0 saturated carbocycles. The third-order valence-electron chi connectivity index (χ3n) is 4.75. The van der Waals surface area contributed by atoms with E-state index in [1.807, 2.05) is 43.4 Å². The molecule has 0 amide bonds. The Balaban J connectivity index is 1.71. The van der Waals surface area contributed by atoms with Gasteiger partial charge in [-0.25, -0.2) is 4.98 Å². The summed E-state index contributed by atoms with van der Waals surface area (Å²) in [7, 11) is 5.36. The molecule has 3 rings (SSSR count). The molecule has 0 bridgehead atoms. The summed E-state index contributed by atoms with van der Waals surface area (Å²) in [6, 6.07) is 7.84. The van der Waals surface area contributed by atoms with Crippen LogP contribution in [0.3, 0.4) is 0 Å². The molecule has 3 aromatic rings. The molecule has 9 nitrogen and oxygen atoms in total. The van der Waals surface area contributed by atoms with Crippen molar-refractivity contribution >= 4 is 34.2 Å². The van der Waals surface area contributed by atoms with E-state index >= 15 is 0 Å². The molecule has 0 radical (unpaired) electrons. The van der Waals surface area contributed by atoms with E-state index in [1.54, 1.807) is 17.9 Å². The van der Waals surface area contributed by atoms with Gasteiger partial charge in [0.05, 0.1) is 56.7 Å². The fourth-order valence-electron chi connectivity index (χ4n) is 3.19. The Morgan fingerprint density at radius 2 is 2.09 bits per heavy atom. The van der Waals surface area contributed by atoms with Gasteiger partial charge in [0.15, 0.2) is 11.9 Å². The van der Waals surface area contributed by atoms with Crippen molar-refractivity contribution in [2.45, 2.75) is 13.2 Å². The van der Waals surface area contributed by atoms with Crippen molar-refractivity contribution in [1.82, 2.24) is 14.6 Å². The van der Waals surface area contributed by atoms with E-state index in [1.165, 1.54) is 11.3 Å². The van der Waals surface area contributed by atoms with Gasteiger partial charge in [-0.15, -0.1) is 11.3 Å². The molecule has 2 N–H and O–H groups in total. The summed E-state index contributed by atoms with van der Waals surface area (Å²) in [5.74, 6) is 0.804. The van der Waals surface area contributed by atoms with Crippen LogP contribution in [-0.2, 0) is 29.7 Å². The zero-order chi connectivity index (χ0) is 22.9. The number of hydrogen-bond donors (Lipinski definition) is 1. The van der Waals surface area contributed by atoms with Gasteiger partial charge in [-0.2, -0.15) is 5.10 Å². The minimum Gasteiger partial charge on any atom is -0.497 e. The Morgan fingerprint density at radius 3 is 2.84 bits per heavy atom. The third kappa shape index (κ3) is 5.92. The first-order valence-electron chi connectivity index (χ1n) is 10.2. The van der Waals surface area contributed by atoms with Gasteiger partial charge in [0.1, 0.15) is 10.8 Å². The van der Waals surface area contributed by atoms with E-state index in [2.05, 4.69) is 10.1 Å². The van der Waals surface area contributed by atoms with Gasteiger partial charge in [0.25, 0.3) is 0 Å². The van der Waals surface area contributed by atoms with E-state index in [9.17, 15) is 4.79 Å². The van der Waals surface area contributed by atoms with Crippen LogP contribution in [0, 0.1) is 0 Å². The number of rotatable bonds is 13. The smallest absolute Gasteiger partial charge is 0.167 e. The molecule has 172 valence electrons. The van der Waals surface area contributed by atoms with Crippen molar-refractivity contribution < 1.29 is 19.0 Å². The summed E-state index contributed by atoms with van der Waals surface area (Å²) in [6.07, 6.45) is 2.55. The molecule has 1 aromatic carbocycles. The van der Waals surface area contributed by atoms with Gasteiger partial charge in [-0.05, 0) is 17.7 Å². The first-order chi connectivity index (χ1) is 15.6. The van der Waals surface area contributed by atoms with E-state index in [4.69, 9.17) is 19.9 Å². The number of hydrogen-bond acceptors (Lipinski definition) is 9. The molecule has 0 aliphatic heterocycles. The molecule has 0 unspecified atom stereocenters. The summed E-state index contributed by atoms with van der Waals surface area (Å²) < 4.78 is 18.9. The average molecular weight is 460 g/mol.